The summed E-state index contributed by atoms with van der Waals surface area (Å²) in [7, 11) is 3.23. The molecule has 0 atom stereocenters. The smallest absolute Gasteiger partial charge is 0.163 e. The normalized spacial score (nSPS) is 10.8. The molecule has 0 radical (unpaired) electrons. The van der Waals surface area contributed by atoms with E-state index < -0.39 is 0 Å². The standard InChI is InChI=1S/C26H26FN3O5/c1-31-10-12-33-24-15-22-23(16-25(24)34-13-11-32-2)28-17-29-26(22)30-19-6-8-20(9-7-19)35-21-5-3-4-18(27)14-21/h3-9,14-17H,10-13H2,1-2H3,(H,28,29,30). The van der Waals surface area contributed by atoms with Crippen LogP contribution in [0.25, 0.3) is 10.9 Å². The van der Waals surface area contributed by atoms with Crippen molar-refractivity contribution in [2.24, 2.45) is 0 Å². The van der Waals surface area contributed by atoms with Crippen molar-refractivity contribution in [1.29, 1.82) is 0 Å². The number of nitrogens with zero attached hydrogens (tertiary/aromatic N) is 2. The summed E-state index contributed by atoms with van der Waals surface area (Å²) in [5.74, 6) is 2.39. The Morgan fingerprint density at radius 3 is 2.17 bits per heavy atom. The number of ether oxygens (including phenoxy) is 5. The molecule has 1 aromatic heterocycles. The summed E-state index contributed by atoms with van der Waals surface area (Å²) in [6, 6.07) is 16.9. The Bertz CT molecular complexity index is 1250. The van der Waals surface area contributed by atoms with Crippen molar-refractivity contribution in [3.05, 3.63) is 72.8 Å². The van der Waals surface area contributed by atoms with E-state index in [0.29, 0.717) is 60.8 Å². The zero-order valence-corrected chi connectivity index (χ0v) is 19.5. The summed E-state index contributed by atoms with van der Waals surface area (Å²) in [4.78, 5) is 8.79. The molecule has 0 bridgehead atoms. The van der Waals surface area contributed by atoms with Gasteiger partial charge in [0.2, 0.25) is 0 Å². The van der Waals surface area contributed by atoms with E-state index in [1.54, 1.807) is 38.5 Å². The number of hydrogen-bond acceptors (Lipinski definition) is 8. The molecule has 0 saturated carbocycles. The first-order chi connectivity index (χ1) is 17.2. The Kier molecular flexibility index (Phi) is 8.26. The highest BCUT2D eigenvalue weighted by Crippen LogP contribution is 2.35. The summed E-state index contributed by atoms with van der Waals surface area (Å²) in [6.45, 7) is 1.63. The number of halogens is 1. The van der Waals surface area contributed by atoms with Crippen LogP contribution >= 0.6 is 0 Å². The fraction of sp³-hybridized carbons (Fsp3) is 0.231. The maximum Gasteiger partial charge on any atom is 0.163 e. The molecular weight excluding hydrogens is 453 g/mol. The van der Waals surface area contributed by atoms with Gasteiger partial charge >= 0.3 is 0 Å². The van der Waals surface area contributed by atoms with Gasteiger partial charge in [-0.2, -0.15) is 0 Å². The minimum atomic E-state index is -0.353. The van der Waals surface area contributed by atoms with Gasteiger partial charge in [0, 0.05) is 37.4 Å². The highest BCUT2D eigenvalue weighted by molar-refractivity contribution is 5.93. The van der Waals surface area contributed by atoms with Crippen molar-refractivity contribution in [1.82, 2.24) is 9.97 Å². The Labute approximate surface area is 202 Å². The molecule has 1 heterocycles. The van der Waals surface area contributed by atoms with Crippen molar-refractivity contribution in [2.75, 3.05) is 46.0 Å². The maximum absolute atomic E-state index is 13.4. The van der Waals surface area contributed by atoms with Crippen molar-refractivity contribution >= 4 is 22.4 Å². The molecule has 0 aliphatic carbocycles. The van der Waals surface area contributed by atoms with Crippen LogP contribution in [0.3, 0.4) is 0 Å². The molecule has 8 nitrogen and oxygen atoms in total. The van der Waals surface area contributed by atoms with Gasteiger partial charge in [0.05, 0.1) is 18.7 Å². The SMILES string of the molecule is COCCOc1cc2ncnc(Nc3ccc(Oc4cccc(F)c4)cc3)c2cc1OCCOC. The third-order valence-corrected chi connectivity index (χ3v) is 4.94. The molecule has 9 heteroatoms. The number of aromatic nitrogens is 2. The largest absolute Gasteiger partial charge is 0.487 e. The van der Waals surface area contributed by atoms with Gasteiger partial charge in [-0.25, -0.2) is 14.4 Å². The second-order valence-corrected chi connectivity index (χ2v) is 7.43. The number of rotatable bonds is 12. The lowest BCUT2D eigenvalue weighted by atomic mass is 10.2. The third-order valence-electron chi connectivity index (χ3n) is 4.94. The first-order valence-corrected chi connectivity index (χ1v) is 11.0. The molecule has 182 valence electrons. The van der Waals surface area contributed by atoms with Crippen LogP contribution in [0.2, 0.25) is 0 Å². The van der Waals surface area contributed by atoms with Gasteiger partial charge < -0.3 is 29.0 Å². The van der Waals surface area contributed by atoms with E-state index in [4.69, 9.17) is 23.7 Å². The van der Waals surface area contributed by atoms with Crippen molar-refractivity contribution < 1.29 is 28.1 Å². The zero-order chi connectivity index (χ0) is 24.5. The van der Waals surface area contributed by atoms with E-state index in [2.05, 4.69) is 15.3 Å². The van der Waals surface area contributed by atoms with E-state index >= 15 is 0 Å². The number of hydrogen-bond donors (Lipinski definition) is 1. The van der Waals surface area contributed by atoms with Crippen molar-refractivity contribution in [3.8, 4) is 23.0 Å². The Morgan fingerprint density at radius 2 is 1.49 bits per heavy atom. The lowest BCUT2D eigenvalue weighted by molar-refractivity contribution is 0.132. The third kappa shape index (κ3) is 6.56. The van der Waals surface area contributed by atoms with Crippen molar-refractivity contribution in [3.63, 3.8) is 0 Å². The van der Waals surface area contributed by atoms with Gasteiger partial charge in [0.15, 0.2) is 11.5 Å². The topological polar surface area (TPSA) is 84.0 Å². The van der Waals surface area contributed by atoms with Gasteiger partial charge in [0.1, 0.15) is 42.7 Å². The first-order valence-electron chi connectivity index (χ1n) is 11.0. The predicted molar refractivity (Wildman–Crippen MR) is 130 cm³/mol. The van der Waals surface area contributed by atoms with Gasteiger partial charge in [-0.15, -0.1) is 0 Å². The van der Waals surface area contributed by atoms with E-state index in [1.165, 1.54) is 18.5 Å². The highest BCUT2D eigenvalue weighted by Gasteiger charge is 2.13. The van der Waals surface area contributed by atoms with Crippen LogP contribution in [0.5, 0.6) is 23.0 Å². The van der Waals surface area contributed by atoms with Gasteiger partial charge in [0.25, 0.3) is 0 Å². The average molecular weight is 480 g/mol. The molecule has 0 saturated heterocycles. The number of anilines is 2. The highest BCUT2D eigenvalue weighted by atomic mass is 19.1. The summed E-state index contributed by atoms with van der Waals surface area (Å²) in [6.07, 6.45) is 1.48. The van der Waals surface area contributed by atoms with Crippen LogP contribution < -0.4 is 19.5 Å². The molecule has 0 amide bonds. The average Bonchev–Trinajstić information content (AvgIpc) is 2.86. The summed E-state index contributed by atoms with van der Waals surface area (Å²) in [5, 5.41) is 4.07. The number of fused-ring (bicyclic) bond motifs is 1. The van der Waals surface area contributed by atoms with Crippen LogP contribution in [-0.2, 0) is 9.47 Å². The molecule has 0 aliphatic rings. The summed E-state index contributed by atoms with van der Waals surface area (Å²) in [5.41, 5.74) is 1.49. The number of methoxy groups -OCH3 is 2. The molecule has 4 aromatic rings. The molecule has 0 aliphatic heterocycles. The predicted octanol–water partition coefficient (Wildman–Crippen LogP) is 5.36. The van der Waals surface area contributed by atoms with Crippen LogP contribution in [0, 0.1) is 5.82 Å². The fourth-order valence-corrected chi connectivity index (χ4v) is 3.27. The van der Waals surface area contributed by atoms with Crippen LogP contribution in [0.4, 0.5) is 15.9 Å². The number of nitrogens with one attached hydrogen (secondary N) is 1. The molecule has 4 rings (SSSR count). The lowest BCUT2D eigenvalue weighted by Gasteiger charge is -2.15. The second-order valence-electron chi connectivity index (χ2n) is 7.43. The second kappa shape index (κ2) is 12.0. The van der Waals surface area contributed by atoms with E-state index in [0.717, 1.165) is 11.1 Å². The van der Waals surface area contributed by atoms with Gasteiger partial charge in [-0.1, -0.05) is 6.07 Å². The minimum Gasteiger partial charge on any atom is -0.487 e. The monoisotopic (exact) mass is 479 g/mol. The summed E-state index contributed by atoms with van der Waals surface area (Å²) >= 11 is 0. The Hall–Kier alpha value is -3.95. The van der Waals surface area contributed by atoms with E-state index in [-0.39, 0.29) is 5.82 Å². The molecule has 3 aromatic carbocycles. The van der Waals surface area contributed by atoms with Gasteiger partial charge in [-0.3, -0.25) is 0 Å². The molecule has 35 heavy (non-hydrogen) atoms. The molecule has 1 N–H and O–H groups in total. The Morgan fingerprint density at radius 1 is 0.771 bits per heavy atom. The minimum absolute atomic E-state index is 0.353. The first kappa shape index (κ1) is 24.2. The van der Waals surface area contributed by atoms with Crippen LogP contribution in [-0.4, -0.2) is 50.6 Å². The maximum atomic E-state index is 13.4. The van der Waals surface area contributed by atoms with Crippen LogP contribution in [0.1, 0.15) is 0 Å². The molecule has 0 fully saturated rings. The number of benzene rings is 3. The molecular formula is C26H26FN3O5. The molecule has 0 spiro atoms. The Balaban J connectivity index is 1.55. The fourth-order valence-electron chi connectivity index (χ4n) is 3.27. The zero-order valence-electron chi connectivity index (χ0n) is 19.5. The molecule has 0 unspecified atom stereocenters. The quantitative estimate of drug-likeness (QED) is 0.272. The van der Waals surface area contributed by atoms with Crippen LogP contribution in [0.15, 0.2) is 67.0 Å². The van der Waals surface area contributed by atoms with Gasteiger partial charge in [-0.05, 0) is 42.5 Å². The van der Waals surface area contributed by atoms with Crippen molar-refractivity contribution in [2.45, 2.75) is 0 Å². The van der Waals surface area contributed by atoms with E-state index in [9.17, 15) is 4.39 Å². The summed E-state index contributed by atoms with van der Waals surface area (Å²) < 4.78 is 41.0. The lowest BCUT2D eigenvalue weighted by Crippen LogP contribution is -2.09. The van der Waals surface area contributed by atoms with E-state index in [1.807, 2.05) is 24.3 Å².